The van der Waals surface area contributed by atoms with Crippen LogP contribution in [0, 0.1) is 17.5 Å². The average Bonchev–Trinajstić information content (AvgIpc) is 2.47. The number of halogens is 3. The third-order valence-electron chi connectivity index (χ3n) is 2.92. The van der Waals surface area contributed by atoms with E-state index in [-0.39, 0.29) is 10.6 Å². The molecular formula is C15H14F3NOS. The van der Waals surface area contributed by atoms with E-state index in [1.807, 2.05) is 0 Å². The molecule has 1 atom stereocenters. The standard InChI is InChI=1S/C15H14F3NOS/c1-20-14-5-2-9(6-12(14)18)13(19)8-21-15-7-10(16)3-4-11(15)17/h2-7,13H,8,19H2,1H3. The molecule has 2 rings (SSSR count). The van der Waals surface area contributed by atoms with Gasteiger partial charge in [-0.3, -0.25) is 0 Å². The largest absolute Gasteiger partial charge is 0.494 e. The quantitative estimate of drug-likeness (QED) is 0.850. The van der Waals surface area contributed by atoms with E-state index in [0.29, 0.717) is 11.3 Å². The van der Waals surface area contributed by atoms with Crippen molar-refractivity contribution in [3.63, 3.8) is 0 Å². The number of nitrogens with two attached hydrogens (primary N) is 1. The van der Waals surface area contributed by atoms with Gasteiger partial charge in [0.05, 0.1) is 7.11 Å². The van der Waals surface area contributed by atoms with Crippen molar-refractivity contribution in [3.8, 4) is 5.75 Å². The molecule has 2 nitrogen and oxygen atoms in total. The predicted molar refractivity (Wildman–Crippen MR) is 77.0 cm³/mol. The van der Waals surface area contributed by atoms with Crippen molar-refractivity contribution in [2.45, 2.75) is 10.9 Å². The Balaban J connectivity index is 2.06. The minimum Gasteiger partial charge on any atom is -0.494 e. The van der Waals surface area contributed by atoms with Crippen molar-refractivity contribution < 1.29 is 17.9 Å². The van der Waals surface area contributed by atoms with Gasteiger partial charge in [-0.05, 0) is 35.9 Å². The van der Waals surface area contributed by atoms with Crippen molar-refractivity contribution in [1.29, 1.82) is 0 Å². The van der Waals surface area contributed by atoms with Gasteiger partial charge in [0.2, 0.25) is 0 Å². The molecule has 0 aliphatic heterocycles. The first kappa shape index (κ1) is 15.7. The van der Waals surface area contributed by atoms with Crippen molar-refractivity contribution in [2.75, 3.05) is 12.9 Å². The van der Waals surface area contributed by atoms with Gasteiger partial charge in [0.15, 0.2) is 11.6 Å². The maximum Gasteiger partial charge on any atom is 0.165 e. The summed E-state index contributed by atoms with van der Waals surface area (Å²) in [6, 6.07) is 7.15. The van der Waals surface area contributed by atoms with Crippen LogP contribution in [-0.4, -0.2) is 12.9 Å². The SMILES string of the molecule is COc1ccc(C(N)CSc2cc(F)ccc2F)cc1F. The minimum absolute atomic E-state index is 0.134. The zero-order chi connectivity index (χ0) is 15.4. The molecule has 0 amide bonds. The average molecular weight is 313 g/mol. The summed E-state index contributed by atoms with van der Waals surface area (Å²) < 4.78 is 45.0. The molecule has 2 N–H and O–H groups in total. The van der Waals surface area contributed by atoms with E-state index in [1.165, 1.54) is 19.2 Å². The van der Waals surface area contributed by atoms with E-state index in [1.54, 1.807) is 6.07 Å². The number of methoxy groups -OCH3 is 1. The van der Waals surface area contributed by atoms with Crippen LogP contribution in [0.15, 0.2) is 41.3 Å². The summed E-state index contributed by atoms with van der Waals surface area (Å²) in [7, 11) is 1.38. The van der Waals surface area contributed by atoms with Crippen LogP contribution < -0.4 is 10.5 Å². The van der Waals surface area contributed by atoms with Crippen LogP contribution in [0.5, 0.6) is 5.75 Å². The molecule has 2 aromatic rings. The molecule has 0 heterocycles. The Morgan fingerprint density at radius 1 is 1.10 bits per heavy atom. The second kappa shape index (κ2) is 6.87. The fourth-order valence-electron chi connectivity index (χ4n) is 1.78. The highest BCUT2D eigenvalue weighted by molar-refractivity contribution is 7.99. The Hall–Kier alpha value is -1.66. The van der Waals surface area contributed by atoms with Crippen molar-refractivity contribution in [2.24, 2.45) is 5.73 Å². The van der Waals surface area contributed by atoms with E-state index in [2.05, 4.69) is 0 Å². The maximum atomic E-state index is 13.6. The van der Waals surface area contributed by atoms with Crippen molar-refractivity contribution in [3.05, 3.63) is 59.4 Å². The molecule has 0 fully saturated rings. The van der Waals surface area contributed by atoms with Crippen LogP contribution in [0.2, 0.25) is 0 Å². The molecule has 0 saturated heterocycles. The topological polar surface area (TPSA) is 35.2 Å². The van der Waals surface area contributed by atoms with Crippen LogP contribution in [0.25, 0.3) is 0 Å². The van der Waals surface area contributed by atoms with E-state index in [9.17, 15) is 13.2 Å². The summed E-state index contributed by atoms with van der Waals surface area (Å²) in [5, 5.41) is 0. The van der Waals surface area contributed by atoms with Gasteiger partial charge in [0.1, 0.15) is 11.6 Å². The highest BCUT2D eigenvalue weighted by Crippen LogP contribution is 2.28. The number of hydrogen-bond acceptors (Lipinski definition) is 3. The zero-order valence-corrected chi connectivity index (χ0v) is 12.1. The summed E-state index contributed by atoms with van der Waals surface area (Å²) in [4.78, 5) is 0.180. The van der Waals surface area contributed by atoms with Crippen molar-refractivity contribution in [1.82, 2.24) is 0 Å². The first-order chi connectivity index (χ1) is 10.0. The molecule has 21 heavy (non-hydrogen) atoms. The lowest BCUT2D eigenvalue weighted by Gasteiger charge is -2.13. The molecular weight excluding hydrogens is 299 g/mol. The molecule has 0 radical (unpaired) electrons. The second-order valence-corrected chi connectivity index (χ2v) is 5.45. The molecule has 112 valence electrons. The first-order valence-corrected chi connectivity index (χ1v) is 7.16. The molecule has 0 spiro atoms. The van der Waals surface area contributed by atoms with Gasteiger partial charge < -0.3 is 10.5 Å². The number of thioether (sulfide) groups is 1. The van der Waals surface area contributed by atoms with Gasteiger partial charge >= 0.3 is 0 Å². The molecule has 0 aliphatic rings. The zero-order valence-electron chi connectivity index (χ0n) is 11.3. The van der Waals surface area contributed by atoms with E-state index in [4.69, 9.17) is 10.5 Å². The second-order valence-electron chi connectivity index (χ2n) is 4.39. The smallest absolute Gasteiger partial charge is 0.165 e. The molecule has 0 saturated carbocycles. The highest BCUT2D eigenvalue weighted by Gasteiger charge is 2.12. The van der Waals surface area contributed by atoms with E-state index >= 15 is 0 Å². The van der Waals surface area contributed by atoms with Gasteiger partial charge in [0.25, 0.3) is 0 Å². The minimum atomic E-state index is -0.511. The Morgan fingerprint density at radius 3 is 2.52 bits per heavy atom. The molecule has 2 aromatic carbocycles. The fraction of sp³-hybridized carbons (Fsp3) is 0.200. The predicted octanol–water partition coefficient (Wildman–Crippen LogP) is 3.90. The number of rotatable bonds is 5. The number of hydrogen-bond donors (Lipinski definition) is 1. The van der Waals surface area contributed by atoms with Crippen LogP contribution in [0.4, 0.5) is 13.2 Å². The lowest BCUT2D eigenvalue weighted by atomic mass is 10.1. The van der Waals surface area contributed by atoms with E-state index in [0.717, 1.165) is 30.0 Å². The molecule has 0 bridgehead atoms. The van der Waals surface area contributed by atoms with Crippen LogP contribution >= 0.6 is 11.8 Å². The Kier molecular flexibility index (Phi) is 5.14. The lowest BCUT2D eigenvalue weighted by molar-refractivity contribution is 0.386. The van der Waals surface area contributed by atoms with Crippen LogP contribution in [-0.2, 0) is 0 Å². The summed E-state index contributed by atoms with van der Waals surface area (Å²) in [6.45, 7) is 0. The van der Waals surface area contributed by atoms with Crippen LogP contribution in [0.3, 0.4) is 0 Å². The normalized spacial score (nSPS) is 12.2. The fourth-order valence-corrected chi connectivity index (χ4v) is 2.73. The van der Waals surface area contributed by atoms with Gasteiger partial charge in [0, 0.05) is 16.7 Å². The van der Waals surface area contributed by atoms with Gasteiger partial charge in [-0.15, -0.1) is 11.8 Å². The maximum absolute atomic E-state index is 13.6. The summed E-state index contributed by atoms with van der Waals surface area (Å²) in [6.07, 6.45) is 0. The highest BCUT2D eigenvalue weighted by atomic mass is 32.2. The molecule has 0 aliphatic carbocycles. The third kappa shape index (κ3) is 3.92. The third-order valence-corrected chi connectivity index (χ3v) is 4.07. The van der Waals surface area contributed by atoms with Crippen LogP contribution in [0.1, 0.15) is 11.6 Å². The Labute approximate surface area is 125 Å². The van der Waals surface area contributed by atoms with Crippen molar-refractivity contribution >= 4 is 11.8 Å². The van der Waals surface area contributed by atoms with Gasteiger partial charge in [-0.1, -0.05) is 6.07 Å². The number of benzene rings is 2. The molecule has 1 unspecified atom stereocenters. The lowest BCUT2D eigenvalue weighted by Crippen LogP contribution is -2.13. The molecule has 6 heteroatoms. The summed E-state index contributed by atoms with van der Waals surface area (Å²) in [5.41, 5.74) is 6.51. The summed E-state index contributed by atoms with van der Waals surface area (Å²) >= 11 is 1.09. The monoisotopic (exact) mass is 313 g/mol. The first-order valence-electron chi connectivity index (χ1n) is 6.18. The van der Waals surface area contributed by atoms with E-state index < -0.39 is 23.5 Å². The summed E-state index contributed by atoms with van der Waals surface area (Å²) in [5.74, 6) is -1.09. The molecule has 0 aromatic heterocycles. The number of ether oxygens (including phenoxy) is 1. The van der Waals surface area contributed by atoms with Gasteiger partial charge in [-0.2, -0.15) is 0 Å². The Morgan fingerprint density at radius 2 is 1.86 bits per heavy atom. The van der Waals surface area contributed by atoms with Gasteiger partial charge in [-0.25, -0.2) is 13.2 Å². The Bertz CT molecular complexity index is 636.